The Balaban J connectivity index is 2.27. The summed E-state index contributed by atoms with van der Waals surface area (Å²) in [6.45, 7) is 1.78. The van der Waals surface area contributed by atoms with Crippen molar-refractivity contribution < 1.29 is 13.2 Å². The molecule has 0 saturated heterocycles. The summed E-state index contributed by atoms with van der Waals surface area (Å²) >= 11 is 0. The second-order valence-corrected chi connectivity index (χ2v) is 7.97. The summed E-state index contributed by atoms with van der Waals surface area (Å²) in [5.41, 5.74) is 0.470. The summed E-state index contributed by atoms with van der Waals surface area (Å²) < 4.78 is 27.2. The summed E-state index contributed by atoms with van der Waals surface area (Å²) in [4.78, 5) is 12.0. The number of rotatable bonds is 5. The first-order chi connectivity index (χ1) is 10.5. The largest absolute Gasteiger partial charge is 0.294 e. The highest BCUT2D eigenvalue weighted by atomic mass is 32.2. The van der Waals surface area contributed by atoms with Crippen LogP contribution in [-0.2, 0) is 10.0 Å². The van der Waals surface area contributed by atoms with Gasteiger partial charge in [0.25, 0.3) is 0 Å². The van der Waals surface area contributed by atoms with Crippen LogP contribution in [0.3, 0.4) is 0 Å². The van der Waals surface area contributed by atoms with E-state index in [1.165, 1.54) is 23.2 Å². The summed E-state index contributed by atoms with van der Waals surface area (Å²) in [5, 5.41) is 0. The van der Waals surface area contributed by atoms with Crippen LogP contribution in [0.25, 0.3) is 0 Å². The third-order valence-electron chi connectivity index (χ3n) is 4.49. The Morgan fingerprint density at radius 3 is 2.41 bits per heavy atom. The van der Waals surface area contributed by atoms with E-state index >= 15 is 0 Å². The number of hydrogen-bond acceptors (Lipinski definition) is 3. The van der Waals surface area contributed by atoms with Gasteiger partial charge in [-0.1, -0.05) is 44.7 Å². The fourth-order valence-electron chi connectivity index (χ4n) is 3.02. The van der Waals surface area contributed by atoms with Crippen LogP contribution in [0.2, 0.25) is 0 Å². The van der Waals surface area contributed by atoms with Gasteiger partial charge in [-0.3, -0.25) is 4.79 Å². The van der Waals surface area contributed by atoms with Gasteiger partial charge in [-0.05, 0) is 25.0 Å². The first-order valence-electron chi connectivity index (χ1n) is 8.08. The zero-order valence-corrected chi connectivity index (χ0v) is 14.2. The molecule has 0 bridgehead atoms. The lowest BCUT2D eigenvalue weighted by Crippen LogP contribution is -2.36. The number of sulfonamides is 1. The average Bonchev–Trinajstić information content (AvgIpc) is 2.82. The van der Waals surface area contributed by atoms with Crippen LogP contribution in [-0.4, -0.2) is 31.6 Å². The molecule has 1 aliphatic rings. The number of carbonyl (C=O) groups is 1. The van der Waals surface area contributed by atoms with Gasteiger partial charge in [0.15, 0.2) is 5.78 Å². The van der Waals surface area contributed by atoms with Crippen molar-refractivity contribution in [1.82, 2.24) is 4.31 Å². The number of hydrogen-bond donors (Lipinski definition) is 0. The third-order valence-corrected chi connectivity index (χ3v) is 6.40. The molecule has 0 radical (unpaired) electrons. The average molecular weight is 323 g/mol. The lowest BCUT2D eigenvalue weighted by Gasteiger charge is -2.26. The van der Waals surface area contributed by atoms with E-state index in [0.29, 0.717) is 12.0 Å². The molecule has 0 N–H and O–H groups in total. The molecule has 0 atom stereocenters. The predicted octanol–water partition coefficient (Wildman–Crippen LogP) is 3.62. The van der Waals surface area contributed by atoms with E-state index in [-0.39, 0.29) is 16.7 Å². The topological polar surface area (TPSA) is 54.5 Å². The van der Waals surface area contributed by atoms with E-state index in [9.17, 15) is 13.2 Å². The Morgan fingerprint density at radius 1 is 1.18 bits per heavy atom. The highest BCUT2D eigenvalue weighted by Gasteiger charge is 2.28. The molecule has 0 amide bonds. The van der Waals surface area contributed by atoms with Crippen molar-refractivity contribution in [2.24, 2.45) is 0 Å². The van der Waals surface area contributed by atoms with Gasteiger partial charge in [0.1, 0.15) is 0 Å². The summed E-state index contributed by atoms with van der Waals surface area (Å²) in [6, 6.07) is 6.48. The highest BCUT2D eigenvalue weighted by molar-refractivity contribution is 7.89. The van der Waals surface area contributed by atoms with E-state index in [1.54, 1.807) is 32.2 Å². The summed E-state index contributed by atoms with van der Waals surface area (Å²) in [7, 11) is -1.87. The fourth-order valence-corrected chi connectivity index (χ4v) is 4.48. The smallest absolute Gasteiger partial charge is 0.243 e. The van der Waals surface area contributed by atoms with Crippen molar-refractivity contribution in [3.63, 3.8) is 0 Å². The molecule has 0 aliphatic heterocycles. The Bertz CT molecular complexity index is 617. The number of Topliss-reactive ketones (excluding diaryl/α,β-unsaturated/α-hetero) is 1. The van der Waals surface area contributed by atoms with Crippen molar-refractivity contribution in [3.05, 3.63) is 29.8 Å². The molecule has 0 aromatic heterocycles. The maximum Gasteiger partial charge on any atom is 0.243 e. The standard InChI is InChI=1S/C17H25NO3S/c1-3-17(19)14-9-8-12-16(13-14)22(20,21)18(2)15-10-6-4-5-7-11-15/h8-9,12-13,15H,3-7,10-11H2,1-2H3. The molecule has 0 unspecified atom stereocenters. The Morgan fingerprint density at radius 2 is 1.82 bits per heavy atom. The van der Waals surface area contributed by atoms with Crippen molar-refractivity contribution >= 4 is 15.8 Å². The molecule has 22 heavy (non-hydrogen) atoms. The minimum atomic E-state index is -3.54. The van der Waals surface area contributed by atoms with Gasteiger partial charge in [-0.15, -0.1) is 0 Å². The molecular weight excluding hydrogens is 298 g/mol. The number of carbonyl (C=O) groups excluding carboxylic acids is 1. The lowest BCUT2D eigenvalue weighted by atomic mass is 10.1. The molecule has 122 valence electrons. The molecule has 1 aromatic carbocycles. The van der Waals surface area contributed by atoms with Gasteiger partial charge in [-0.2, -0.15) is 4.31 Å². The molecule has 1 aliphatic carbocycles. The fraction of sp³-hybridized carbons (Fsp3) is 0.588. The molecule has 5 heteroatoms. The van der Waals surface area contributed by atoms with Crippen molar-refractivity contribution in [2.45, 2.75) is 62.8 Å². The van der Waals surface area contributed by atoms with Gasteiger partial charge >= 0.3 is 0 Å². The first kappa shape index (κ1) is 17.2. The van der Waals surface area contributed by atoms with E-state index in [0.717, 1.165) is 25.7 Å². The third kappa shape index (κ3) is 3.76. The molecule has 4 nitrogen and oxygen atoms in total. The second kappa shape index (κ2) is 7.38. The minimum absolute atomic E-state index is 0.0332. The molecule has 0 spiro atoms. The number of benzene rings is 1. The van der Waals surface area contributed by atoms with E-state index in [1.807, 2.05) is 0 Å². The lowest BCUT2D eigenvalue weighted by molar-refractivity contribution is 0.0988. The summed E-state index contributed by atoms with van der Waals surface area (Å²) in [5.74, 6) is -0.0332. The van der Waals surface area contributed by atoms with Crippen LogP contribution in [0.15, 0.2) is 29.2 Å². The van der Waals surface area contributed by atoms with Crippen molar-refractivity contribution in [2.75, 3.05) is 7.05 Å². The van der Waals surface area contributed by atoms with Crippen LogP contribution >= 0.6 is 0 Å². The van der Waals surface area contributed by atoms with Crippen LogP contribution in [0.4, 0.5) is 0 Å². The normalized spacial score (nSPS) is 17.4. The predicted molar refractivity (Wildman–Crippen MR) is 87.5 cm³/mol. The molecule has 2 rings (SSSR count). The maximum atomic E-state index is 12.8. The second-order valence-electron chi connectivity index (χ2n) is 5.97. The maximum absolute atomic E-state index is 12.8. The molecule has 1 saturated carbocycles. The van der Waals surface area contributed by atoms with E-state index in [2.05, 4.69) is 0 Å². The Kier molecular flexibility index (Phi) is 5.75. The van der Waals surface area contributed by atoms with Gasteiger partial charge in [-0.25, -0.2) is 8.42 Å². The van der Waals surface area contributed by atoms with Crippen LogP contribution in [0, 0.1) is 0 Å². The number of ketones is 1. The molecule has 0 heterocycles. The van der Waals surface area contributed by atoms with E-state index in [4.69, 9.17) is 0 Å². The Labute approximate surface area is 133 Å². The SMILES string of the molecule is CCC(=O)c1cccc(S(=O)(=O)N(C)C2CCCCCC2)c1. The van der Waals surface area contributed by atoms with Crippen molar-refractivity contribution in [3.8, 4) is 0 Å². The Hall–Kier alpha value is -1.20. The monoisotopic (exact) mass is 323 g/mol. The van der Waals surface area contributed by atoms with Crippen LogP contribution < -0.4 is 0 Å². The molecular formula is C17H25NO3S. The molecule has 1 fully saturated rings. The van der Waals surface area contributed by atoms with E-state index < -0.39 is 10.0 Å². The van der Waals surface area contributed by atoms with Crippen LogP contribution in [0.1, 0.15) is 62.2 Å². The highest BCUT2D eigenvalue weighted by Crippen LogP contribution is 2.26. The minimum Gasteiger partial charge on any atom is -0.294 e. The zero-order valence-electron chi connectivity index (χ0n) is 13.4. The summed E-state index contributed by atoms with van der Waals surface area (Å²) in [6.07, 6.45) is 6.75. The first-order valence-corrected chi connectivity index (χ1v) is 9.52. The van der Waals surface area contributed by atoms with Crippen LogP contribution in [0.5, 0.6) is 0 Å². The zero-order chi connectivity index (χ0) is 16.2. The molecule has 1 aromatic rings. The van der Waals surface area contributed by atoms with Gasteiger partial charge in [0.05, 0.1) is 4.90 Å². The van der Waals surface area contributed by atoms with Gasteiger partial charge in [0.2, 0.25) is 10.0 Å². The van der Waals surface area contributed by atoms with Crippen molar-refractivity contribution in [1.29, 1.82) is 0 Å². The number of nitrogens with zero attached hydrogens (tertiary/aromatic N) is 1. The quantitative estimate of drug-likeness (QED) is 0.614. The van der Waals surface area contributed by atoms with Gasteiger partial charge < -0.3 is 0 Å². The van der Waals surface area contributed by atoms with Gasteiger partial charge in [0, 0.05) is 25.1 Å².